The molecule has 0 N–H and O–H groups in total. The molecule has 2 rings (SSSR count). The summed E-state index contributed by atoms with van der Waals surface area (Å²) in [6, 6.07) is 6.74. The average Bonchev–Trinajstić information content (AvgIpc) is 2.67. The largest absolute Gasteiger partial charge is 0.299 e. The van der Waals surface area contributed by atoms with Crippen LogP contribution in [0.3, 0.4) is 0 Å². The number of hydrogen-bond acceptors (Lipinski definition) is 1. The van der Waals surface area contributed by atoms with Gasteiger partial charge in [0, 0.05) is 6.42 Å². The van der Waals surface area contributed by atoms with Gasteiger partial charge in [0.15, 0.2) is 0 Å². The molecule has 2 unspecified atom stereocenters. The summed E-state index contributed by atoms with van der Waals surface area (Å²) in [5, 5.41) is 0. The summed E-state index contributed by atoms with van der Waals surface area (Å²) in [4.78, 5) is 12.5. The monoisotopic (exact) mass is 272 g/mol. The summed E-state index contributed by atoms with van der Waals surface area (Å²) in [5.74, 6) is 0.855. The molecule has 1 nitrogen and oxygen atoms in total. The zero-order valence-corrected chi connectivity index (χ0v) is 13.8. The normalized spacial score (nSPS) is 27.1. The third-order valence-corrected chi connectivity index (χ3v) is 5.83. The molecule has 1 saturated carbocycles. The molecule has 0 saturated heterocycles. The molecule has 1 aromatic carbocycles. The smallest absolute Gasteiger partial charge is 0.143 e. The maximum atomic E-state index is 12.5. The van der Waals surface area contributed by atoms with Crippen molar-refractivity contribution >= 4 is 5.78 Å². The Balaban J connectivity index is 2.57. The van der Waals surface area contributed by atoms with E-state index in [-0.39, 0.29) is 10.8 Å². The lowest BCUT2D eigenvalue weighted by atomic mass is 9.70. The minimum absolute atomic E-state index is 0.170. The molecule has 1 aliphatic rings. The second-order valence-corrected chi connectivity index (χ2v) is 7.33. The van der Waals surface area contributed by atoms with E-state index < -0.39 is 0 Å². The van der Waals surface area contributed by atoms with E-state index in [1.165, 1.54) is 16.7 Å². The molecule has 0 bridgehead atoms. The Morgan fingerprint density at radius 1 is 1.35 bits per heavy atom. The van der Waals surface area contributed by atoms with Crippen molar-refractivity contribution in [3.8, 4) is 0 Å². The first kappa shape index (κ1) is 15.3. The van der Waals surface area contributed by atoms with E-state index in [1.807, 2.05) is 0 Å². The quantitative estimate of drug-likeness (QED) is 0.761. The van der Waals surface area contributed by atoms with Crippen molar-refractivity contribution < 1.29 is 4.79 Å². The van der Waals surface area contributed by atoms with E-state index >= 15 is 0 Å². The van der Waals surface area contributed by atoms with Crippen molar-refractivity contribution in [2.75, 3.05) is 0 Å². The lowest BCUT2D eigenvalue weighted by Crippen LogP contribution is -2.34. The fraction of sp³-hybridized carbons (Fsp3) is 0.632. The molecule has 0 spiro atoms. The van der Waals surface area contributed by atoms with Crippen LogP contribution in [0.25, 0.3) is 0 Å². The number of carbonyl (C=O) groups is 1. The first-order chi connectivity index (χ1) is 9.23. The topological polar surface area (TPSA) is 17.1 Å². The Bertz CT molecular complexity index is 527. The van der Waals surface area contributed by atoms with Gasteiger partial charge in [-0.15, -0.1) is 0 Å². The van der Waals surface area contributed by atoms with E-state index in [2.05, 4.69) is 59.7 Å². The number of Topliss-reactive ketones (excluding diaryl/α,β-unsaturated/α-hetero) is 1. The molecule has 0 amide bonds. The van der Waals surface area contributed by atoms with E-state index in [4.69, 9.17) is 0 Å². The molecule has 1 aliphatic carbocycles. The SMILES string of the molecule is CCC(C)(C)c1ccc(C)c(C2(C)C(=O)CCC2C)c1. The van der Waals surface area contributed by atoms with Crippen molar-refractivity contribution in [3.63, 3.8) is 0 Å². The van der Waals surface area contributed by atoms with Crippen LogP contribution in [0.15, 0.2) is 18.2 Å². The van der Waals surface area contributed by atoms with Gasteiger partial charge in [-0.3, -0.25) is 4.79 Å². The van der Waals surface area contributed by atoms with Gasteiger partial charge in [0.2, 0.25) is 0 Å². The first-order valence-corrected chi connectivity index (χ1v) is 7.88. The molecule has 20 heavy (non-hydrogen) atoms. The lowest BCUT2D eigenvalue weighted by molar-refractivity contribution is -0.122. The second-order valence-electron chi connectivity index (χ2n) is 7.33. The predicted molar refractivity (Wildman–Crippen MR) is 85.3 cm³/mol. The number of ketones is 1. The third-order valence-electron chi connectivity index (χ3n) is 5.83. The van der Waals surface area contributed by atoms with Gasteiger partial charge in [0.25, 0.3) is 0 Å². The number of benzene rings is 1. The molecule has 0 radical (unpaired) electrons. The molecule has 1 aromatic rings. The van der Waals surface area contributed by atoms with Gasteiger partial charge in [-0.2, -0.15) is 0 Å². The number of hydrogen-bond donors (Lipinski definition) is 0. The van der Waals surface area contributed by atoms with Crippen molar-refractivity contribution in [1.82, 2.24) is 0 Å². The Labute approximate surface area is 123 Å². The van der Waals surface area contributed by atoms with E-state index in [1.54, 1.807) is 0 Å². The van der Waals surface area contributed by atoms with E-state index in [9.17, 15) is 4.79 Å². The molecule has 1 fully saturated rings. The highest BCUT2D eigenvalue weighted by Crippen LogP contribution is 2.44. The molecule has 0 aliphatic heterocycles. The zero-order chi connectivity index (χ0) is 15.1. The van der Waals surface area contributed by atoms with Crippen molar-refractivity contribution in [3.05, 3.63) is 34.9 Å². The molecule has 110 valence electrons. The van der Waals surface area contributed by atoms with Gasteiger partial charge in [-0.25, -0.2) is 0 Å². The van der Waals surface area contributed by atoms with E-state index in [0.29, 0.717) is 11.7 Å². The minimum atomic E-state index is -0.288. The number of rotatable bonds is 3. The minimum Gasteiger partial charge on any atom is -0.299 e. The fourth-order valence-corrected chi connectivity index (χ4v) is 3.39. The van der Waals surface area contributed by atoms with Crippen LogP contribution in [0, 0.1) is 12.8 Å². The average molecular weight is 272 g/mol. The summed E-state index contributed by atoms with van der Waals surface area (Å²) < 4.78 is 0. The highest BCUT2D eigenvalue weighted by atomic mass is 16.1. The summed E-state index contributed by atoms with van der Waals surface area (Å²) in [7, 11) is 0. The maximum Gasteiger partial charge on any atom is 0.143 e. The number of aryl methyl sites for hydroxylation is 1. The highest BCUT2D eigenvalue weighted by Gasteiger charge is 2.45. The predicted octanol–water partition coefficient (Wildman–Crippen LogP) is 4.94. The Kier molecular flexibility index (Phi) is 3.83. The second kappa shape index (κ2) is 5.02. The number of carbonyl (C=O) groups excluding carboxylic acids is 1. The lowest BCUT2D eigenvalue weighted by Gasteiger charge is -2.32. The molecule has 2 atom stereocenters. The Morgan fingerprint density at radius 3 is 2.50 bits per heavy atom. The van der Waals surface area contributed by atoms with Crippen LogP contribution in [-0.2, 0) is 15.6 Å². The van der Waals surface area contributed by atoms with Gasteiger partial charge in [-0.1, -0.05) is 45.9 Å². The standard InChI is InChI=1S/C19H28O/c1-7-18(4,5)15-10-8-13(2)16(12-15)19(6)14(3)9-11-17(19)20/h8,10,12,14H,7,9,11H2,1-6H3. The maximum absolute atomic E-state index is 12.5. The van der Waals surface area contributed by atoms with Gasteiger partial charge >= 0.3 is 0 Å². The summed E-state index contributed by atoms with van der Waals surface area (Å²) in [6.45, 7) is 13.3. The van der Waals surface area contributed by atoms with Gasteiger partial charge < -0.3 is 0 Å². The van der Waals surface area contributed by atoms with Crippen LogP contribution in [0.2, 0.25) is 0 Å². The van der Waals surface area contributed by atoms with Crippen molar-refractivity contribution in [1.29, 1.82) is 0 Å². The fourth-order valence-electron chi connectivity index (χ4n) is 3.39. The van der Waals surface area contributed by atoms with Gasteiger partial charge in [-0.05, 0) is 54.7 Å². The molecule has 0 aromatic heterocycles. The highest BCUT2D eigenvalue weighted by molar-refractivity contribution is 5.92. The molecular weight excluding hydrogens is 244 g/mol. The molecule has 0 heterocycles. The summed E-state index contributed by atoms with van der Waals surface area (Å²) in [6.07, 6.45) is 2.87. The first-order valence-electron chi connectivity index (χ1n) is 7.88. The van der Waals surface area contributed by atoms with Crippen molar-refractivity contribution in [2.24, 2.45) is 5.92 Å². The van der Waals surface area contributed by atoms with Crippen LogP contribution in [0.1, 0.15) is 70.6 Å². The zero-order valence-electron chi connectivity index (χ0n) is 13.8. The summed E-state index contributed by atoms with van der Waals surface area (Å²) in [5.41, 5.74) is 3.75. The van der Waals surface area contributed by atoms with Crippen LogP contribution in [-0.4, -0.2) is 5.78 Å². The van der Waals surface area contributed by atoms with Gasteiger partial charge in [0.1, 0.15) is 5.78 Å². The molecular formula is C19H28O. The van der Waals surface area contributed by atoms with Crippen LogP contribution in [0.4, 0.5) is 0 Å². The Morgan fingerprint density at radius 2 is 2.00 bits per heavy atom. The third kappa shape index (κ3) is 2.21. The van der Waals surface area contributed by atoms with E-state index in [0.717, 1.165) is 19.3 Å². The molecule has 1 heteroatoms. The Hall–Kier alpha value is -1.11. The van der Waals surface area contributed by atoms with Crippen LogP contribution < -0.4 is 0 Å². The van der Waals surface area contributed by atoms with Crippen LogP contribution >= 0.6 is 0 Å². The summed E-state index contributed by atoms with van der Waals surface area (Å²) >= 11 is 0. The van der Waals surface area contributed by atoms with Crippen molar-refractivity contribution in [2.45, 2.75) is 71.6 Å². The van der Waals surface area contributed by atoms with Gasteiger partial charge in [0.05, 0.1) is 5.41 Å². The van der Waals surface area contributed by atoms with Crippen LogP contribution in [0.5, 0.6) is 0 Å².